The van der Waals surface area contributed by atoms with Crippen LogP contribution in [-0.4, -0.2) is 0 Å². The Morgan fingerprint density at radius 3 is 2.30 bits per heavy atom. The summed E-state index contributed by atoms with van der Waals surface area (Å²) in [6, 6.07) is 12.5. The summed E-state index contributed by atoms with van der Waals surface area (Å²) in [7, 11) is 0. The van der Waals surface area contributed by atoms with Crippen LogP contribution in [0.5, 0.6) is 0 Å². The molecule has 140 valence electrons. The molecular weight excluding hydrogens is 336 g/mol. The van der Waals surface area contributed by atoms with Crippen LogP contribution in [0.2, 0.25) is 0 Å². The third-order valence-corrected chi connectivity index (χ3v) is 6.05. The van der Waals surface area contributed by atoms with Crippen molar-refractivity contribution >= 4 is 22.8 Å². The molecule has 0 fully saturated rings. The molecule has 0 unspecified atom stereocenters. The molecule has 4 rings (SSSR count). The zero-order valence-corrected chi connectivity index (χ0v) is 16.7. The molecule has 1 aromatic heterocycles. The molecule has 1 aliphatic carbocycles. The summed E-state index contributed by atoms with van der Waals surface area (Å²) in [6.07, 6.45) is 4.54. The maximum atomic E-state index is 11.2. The summed E-state index contributed by atoms with van der Waals surface area (Å²) in [5.41, 5.74) is 7.71. The molecular formula is C24H26O3. The van der Waals surface area contributed by atoms with Gasteiger partial charge >= 0.3 is 5.82 Å². The van der Waals surface area contributed by atoms with Gasteiger partial charge in [-0.2, -0.15) is 0 Å². The van der Waals surface area contributed by atoms with E-state index in [1.54, 1.807) is 6.07 Å². The molecule has 0 aliphatic heterocycles. The number of hydrogen-bond donors (Lipinski definition) is 0. The predicted molar refractivity (Wildman–Crippen MR) is 110 cm³/mol. The van der Waals surface area contributed by atoms with Gasteiger partial charge in [0.2, 0.25) is 0 Å². The fraction of sp³-hybridized carbons (Fsp3) is 0.375. The molecule has 0 atom stereocenters. The standard InChI is InChI=1S/C24H26O3/c1-15(12-16-6-9-20-21(13-16)27-22(25)26-20)17-7-8-18-19(14-17)24(4,5)11-10-23(18,2)3/h6-9,12-14H,10-11H2,1-5H3/b15-12+. The van der Waals surface area contributed by atoms with Crippen molar-refractivity contribution in [3.8, 4) is 0 Å². The second kappa shape index (κ2) is 5.98. The monoisotopic (exact) mass is 362 g/mol. The molecule has 3 aromatic rings. The summed E-state index contributed by atoms with van der Waals surface area (Å²) >= 11 is 0. The van der Waals surface area contributed by atoms with E-state index in [9.17, 15) is 4.79 Å². The maximum Gasteiger partial charge on any atom is 0.519 e. The van der Waals surface area contributed by atoms with Crippen molar-refractivity contribution < 1.29 is 8.83 Å². The fourth-order valence-corrected chi connectivity index (χ4v) is 4.15. The minimum absolute atomic E-state index is 0.195. The first-order valence-corrected chi connectivity index (χ1v) is 9.53. The zero-order valence-electron chi connectivity index (χ0n) is 16.7. The van der Waals surface area contributed by atoms with E-state index < -0.39 is 5.82 Å². The highest BCUT2D eigenvalue weighted by molar-refractivity contribution is 5.83. The third-order valence-electron chi connectivity index (χ3n) is 6.05. The van der Waals surface area contributed by atoms with Crippen LogP contribution in [0, 0.1) is 0 Å². The van der Waals surface area contributed by atoms with E-state index >= 15 is 0 Å². The van der Waals surface area contributed by atoms with E-state index in [1.807, 2.05) is 12.1 Å². The van der Waals surface area contributed by atoms with Crippen LogP contribution < -0.4 is 5.82 Å². The minimum Gasteiger partial charge on any atom is -0.391 e. The average Bonchev–Trinajstić information content (AvgIpc) is 2.98. The zero-order chi connectivity index (χ0) is 19.4. The van der Waals surface area contributed by atoms with E-state index in [0.717, 1.165) is 5.56 Å². The molecule has 0 spiro atoms. The Bertz CT molecular complexity index is 1110. The van der Waals surface area contributed by atoms with Gasteiger partial charge in [-0.3, -0.25) is 0 Å². The van der Waals surface area contributed by atoms with Crippen molar-refractivity contribution in [3.05, 3.63) is 69.3 Å². The first-order chi connectivity index (χ1) is 12.7. The van der Waals surface area contributed by atoms with Crippen molar-refractivity contribution in [2.45, 2.75) is 58.3 Å². The Morgan fingerprint density at radius 2 is 1.56 bits per heavy atom. The lowest BCUT2D eigenvalue weighted by atomic mass is 9.63. The molecule has 0 amide bonds. The van der Waals surface area contributed by atoms with E-state index in [-0.39, 0.29) is 10.8 Å². The molecule has 0 saturated carbocycles. The first kappa shape index (κ1) is 17.8. The summed E-state index contributed by atoms with van der Waals surface area (Å²) < 4.78 is 10.0. The quantitative estimate of drug-likeness (QED) is 0.503. The Hall–Kier alpha value is -2.55. The van der Waals surface area contributed by atoms with Crippen LogP contribution in [0.25, 0.3) is 22.8 Å². The topological polar surface area (TPSA) is 43.4 Å². The highest BCUT2D eigenvalue weighted by atomic mass is 16.6. The van der Waals surface area contributed by atoms with Crippen LogP contribution in [0.15, 0.2) is 50.0 Å². The SMILES string of the molecule is C/C(=C\c1ccc2oc(=O)oc2c1)c1ccc2c(c1)C(C)(C)CCC2(C)C. The first-order valence-electron chi connectivity index (χ1n) is 9.53. The average molecular weight is 362 g/mol. The van der Waals surface area contributed by atoms with Crippen molar-refractivity contribution in [3.63, 3.8) is 0 Å². The van der Waals surface area contributed by atoms with Crippen molar-refractivity contribution in [1.29, 1.82) is 0 Å². The fourth-order valence-electron chi connectivity index (χ4n) is 4.15. The van der Waals surface area contributed by atoms with Crippen LogP contribution in [-0.2, 0) is 10.8 Å². The number of rotatable bonds is 2. The maximum absolute atomic E-state index is 11.2. The minimum atomic E-state index is -0.664. The van der Waals surface area contributed by atoms with Gasteiger partial charge in [-0.25, -0.2) is 4.79 Å². The number of allylic oxidation sites excluding steroid dienone is 1. The van der Waals surface area contributed by atoms with Crippen LogP contribution in [0.1, 0.15) is 69.7 Å². The summed E-state index contributed by atoms with van der Waals surface area (Å²) in [6.45, 7) is 11.5. The largest absolute Gasteiger partial charge is 0.519 e. The van der Waals surface area contributed by atoms with Gasteiger partial charge in [-0.1, -0.05) is 58.0 Å². The normalized spacial score (nSPS) is 18.5. The molecule has 1 heterocycles. The smallest absolute Gasteiger partial charge is 0.391 e. The molecule has 3 heteroatoms. The van der Waals surface area contributed by atoms with Crippen LogP contribution in [0.4, 0.5) is 0 Å². The Kier molecular flexibility index (Phi) is 3.95. The highest BCUT2D eigenvalue weighted by Gasteiger charge is 2.36. The number of benzene rings is 2. The van der Waals surface area contributed by atoms with Crippen molar-refractivity contribution in [2.75, 3.05) is 0 Å². The Balaban J connectivity index is 1.76. The lowest BCUT2D eigenvalue weighted by molar-refractivity contribution is 0.332. The molecule has 0 radical (unpaired) electrons. The molecule has 0 N–H and O–H groups in total. The van der Waals surface area contributed by atoms with Crippen molar-refractivity contribution in [2.24, 2.45) is 0 Å². The van der Waals surface area contributed by atoms with Gasteiger partial charge in [0.1, 0.15) is 0 Å². The van der Waals surface area contributed by atoms with Gasteiger partial charge in [-0.15, -0.1) is 0 Å². The van der Waals surface area contributed by atoms with Gasteiger partial charge in [0.05, 0.1) is 0 Å². The Labute approximate surface area is 159 Å². The van der Waals surface area contributed by atoms with E-state index in [0.29, 0.717) is 11.2 Å². The van der Waals surface area contributed by atoms with Crippen LogP contribution in [0.3, 0.4) is 0 Å². The summed E-state index contributed by atoms with van der Waals surface area (Å²) in [5, 5.41) is 0. The summed E-state index contributed by atoms with van der Waals surface area (Å²) in [4.78, 5) is 11.2. The van der Waals surface area contributed by atoms with E-state index in [1.165, 1.54) is 35.1 Å². The van der Waals surface area contributed by atoms with Gasteiger partial charge in [0, 0.05) is 0 Å². The van der Waals surface area contributed by atoms with Gasteiger partial charge in [-0.05, 0) is 70.6 Å². The van der Waals surface area contributed by atoms with E-state index in [4.69, 9.17) is 8.83 Å². The molecule has 0 saturated heterocycles. The molecule has 2 aromatic carbocycles. The van der Waals surface area contributed by atoms with E-state index in [2.05, 4.69) is 58.9 Å². The predicted octanol–water partition coefficient (Wildman–Crippen LogP) is 6.30. The highest BCUT2D eigenvalue weighted by Crippen LogP contribution is 2.46. The van der Waals surface area contributed by atoms with Gasteiger partial charge in [0.25, 0.3) is 0 Å². The number of hydrogen-bond acceptors (Lipinski definition) is 3. The van der Waals surface area contributed by atoms with Gasteiger partial charge in [0.15, 0.2) is 11.2 Å². The lowest BCUT2D eigenvalue weighted by Crippen LogP contribution is -2.33. The molecule has 0 bridgehead atoms. The Morgan fingerprint density at radius 1 is 0.889 bits per heavy atom. The second-order valence-electron chi connectivity index (χ2n) is 9.02. The third kappa shape index (κ3) is 3.16. The van der Waals surface area contributed by atoms with Gasteiger partial charge < -0.3 is 8.83 Å². The van der Waals surface area contributed by atoms with Crippen LogP contribution >= 0.6 is 0 Å². The lowest BCUT2D eigenvalue weighted by Gasteiger charge is -2.42. The number of fused-ring (bicyclic) bond motifs is 2. The molecule has 1 aliphatic rings. The summed E-state index contributed by atoms with van der Waals surface area (Å²) in [5.74, 6) is -0.664. The van der Waals surface area contributed by atoms with Crippen molar-refractivity contribution in [1.82, 2.24) is 0 Å². The molecule has 3 nitrogen and oxygen atoms in total. The second-order valence-corrected chi connectivity index (χ2v) is 9.02. The molecule has 27 heavy (non-hydrogen) atoms.